The van der Waals surface area contributed by atoms with Gasteiger partial charge >= 0.3 is 0 Å². The highest BCUT2D eigenvalue weighted by molar-refractivity contribution is 9.10. The van der Waals surface area contributed by atoms with Gasteiger partial charge in [-0.05, 0) is 23.8 Å². The summed E-state index contributed by atoms with van der Waals surface area (Å²) in [7, 11) is 0. The van der Waals surface area contributed by atoms with Crippen LogP contribution >= 0.6 is 27.3 Å². The second-order valence-corrected chi connectivity index (χ2v) is 6.98. The van der Waals surface area contributed by atoms with Gasteiger partial charge in [-0.3, -0.25) is 4.79 Å². The molecular formula is C19H16Br2N3OS-. The minimum absolute atomic E-state index is 0. The van der Waals surface area contributed by atoms with E-state index in [-0.39, 0.29) is 22.9 Å². The molecule has 1 aromatic heterocycles. The highest BCUT2D eigenvalue weighted by atomic mass is 79.9. The van der Waals surface area contributed by atoms with Gasteiger partial charge in [0.05, 0.1) is 5.69 Å². The van der Waals surface area contributed by atoms with Crippen LogP contribution in [0.2, 0.25) is 0 Å². The van der Waals surface area contributed by atoms with Gasteiger partial charge in [0.15, 0.2) is 0 Å². The molecule has 4 nitrogen and oxygen atoms in total. The fraction of sp³-hybridized carbons (Fsp3) is 0.0526. The van der Waals surface area contributed by atoms with E-state index in [1.165, 1.54) is 11.3 Å². The molecule has 134 valence electrons. The van der Waals surface area contributed by atoms with E-state index in [9.17, 15) is 4.79 Å². The number of amides is 1. The molecule has 0 bridgehead atoms. The number of allylic oxidation sites excluding steroid dienone is 1. The van der Waals surface area contributed by atoms with E-state index in [2.05, 4.69) is 33.0 Å². The molecule has 0 fully saturated rings. The third-order valence-electron chi connectivity index (χ3n) is 3.52. The predicted molar refractivity (Wildman–Crippen MR) is 105 cm³/mol. The molecule has 0 saturated heterocycles. The number of thiazole rings is 1. The lowest BCUT2D eigenvalue weighted by molar-refractivity contribution is -0.0000130. The first-order chi connectivity index (χ1) is 12.2. The highest BCUT2D eigenvalue weighted by Gasteiger charge is 2.08. The molecule has 0 unspecified atom stereocenters. The van der Waals surface area contributed by atoms with Crippen molar-refractivity contribution in [2.45, 2.75) is 6.54 Å². The van der Waals surface area contributed by atoms with Crippen LogP contribution in [0.25, 0.3) is 11.3 Å². The number of carbonyl (C=O) groups excluding carboxylic acids is 1. The molecule has 0 aliphatic carbocycles. The molecule has 0 aliphatic rings. The van der Waals surface area contributed by atoms with E-state index in [4.69, 9.17) is 0 Å². The quantitative estimate of drug-likeness (QED) is 0.424. The maximum atomic E-state index is 12.3. The van der Waals surface area contributed by atoms with Gasteiger partial charge in [-0.1, -0.05) is 58.4 Å². The topological polar surface area (TPSA) is 46.4 Å². The van der Waals surface area contributed by atoms with E-state index in [1.54, 1.807) is 12.1 Å². The second kappa shape index (κ2) is 9.66. The minimum Gasteiger partial charge on any atom is -1.00 e. The Morgan fingerprint density at radius 3 is 2.69 bits per heavy atom. The Hall–Kier alpha value is -1.96. The van der Waals surface area contributed by atoms with Crippen molar-refractivity contribution in [1.29, 1.82) is 0 Å². The lowest BCUT2D eigenvalue weighted by Crippen LogP contribution is -3.00. The molecule has 1 heterocycles. The van der Waals surface area contributed by atoms with Gasteiger partial charge in [0.2, 0.25) is 4.80 Å². The van der Waals surface area contributed by atoms with Crippen LogP contribution < -0.4 is 27.2 Å². The van der Waals surface area contributed by atoms with E-state index >= 15 is 0 Å². The summed E-state index contributed by atoms with van der Waals surface area (Å²) in [6.07, 6.45) is 1.81. The van der Waals surface area contributed by atoms with Crippen LogP contribution in [0.4, 0.5) is 0 Å². The SMILES string of the molecule is C=CCn1c(-c2ccccc2)cs/c1=N\NC(=O)c1cccc(Br)c1.[Br-]. The third kappa shape index (κ3) is 4.81. The monoisotopic (exact) mass is 492 g/mol. The zero-order chi connectivity index (χ0) is 17.6. The molecule has 0 aliphatic heterocycles. The fourth-order valence-electron chi connectivity index (χ4n) is 2.36. The summed E-state index contributed by atoms with van der Waals surface area (Å²) < 4.78 is 2.87. The number of rotatable bonds is 5. The summed E-state index contributed by atoms with van der Waals surface area (Å²) in [5.74, 6) is -0.249. The van der Waals surface area contributed by atoms with Crippen molar-refractivity contribution in [2.75, 3.05) is 0 Å². The van der Waals surface area contributed by atoms with Crippen molar-refractivity contribution in [3.05, 3.63) is 87.5 Å². The van der Waals surface area contributed by atoms with Crippen molar-refractivity contribution < 1.29 is 21.8 Å². The molecule has 1 amide bonds. The number of halogens is 2. The van der Waals surface area contributed by atoms with Crippen LogP contribution in [0.3, 0.4) is 0 Å². The molecule has 3 aromatic rings. The zero-order valence-corrected chi connectivity index (χ0v) is 17.7. The Labute approximate surface area is 174 Å². The Balaban J connectivity index is 0.00000243. The van der Waals surface area contributed by atoms with Crippen LogP contribution in [0.15, 0.2) is 82.2 Å². The highest BCUT2D eigenvalue weighted by Crippen LogP contribution is 2.19. The Morgan fingerprint density at radius 1 is 1.23 bits per heavy atom. The molecule has 7 heteroatoms. The first-order valence-electron chi connectivity index (χ1n) is 7.63. The third-order valence-corrected chi connectivity index (χ3v) is 4.88. The van der Waals surface area contributed by atoms with Crippen molar-refractivity contribution in [1.82, 2.24) is 9.99 Å². The molecule has 2 aromatic carbocycles. The number of nitrogens with zero attached hydrogens (tertiary/aromatic N) is 2. The second-order valence-electron chi connectivity index (χ2n) is 5.23. The van der Waals surface area contributed by atoms with E-state index < -0.39 is 0 Å². The van der Waals surface area contributed by atoms with E-state index in [1.807, 2.05) is 58.5 Å². The lowest BCUT2D eigenvalue weighted by atomic mass is 10.2. The van der Waals surface area contributed by atoms with Gasteiger partial charge < -0.3 is 21.5 Å². The van der Waals surface area contributed by atoms with Crippen molar-refractivity contribution in [3.63, 3.8) is 0 Å². The number of carbonyl (C=O) groups is 1. The lowest BCUT2D eigenvalue weighted by Gasteiger charge is -2.06. The van der Waals surface area contributed by atoms with Gasteiger partial charge in [-0.15, -0.1) is 23.0 Å². The Morgan fingerprint density at radius 2 is 2.00 bits per heavy atom. The summed E-state index contributed by atoms with van der Waals surface area (Å²) in [6.45, 7) is 4.42. The van der Waals surface area contributed by atoms with E-state index in [0.29, 0.717) is 16.9 Å². The molecule has 0 radical (unpaired) electrons. The predicted octanol–water partition coefficient (Wildman–Crippen LogP) is 1.41. The van der Waals surface area contributed by atoms with Crippen LogP contribution in [0.1, 0.15) is 10.4 Å². The van der Waals surface area contributed by atoms with Gasteiger partial charge in [0.25, 0.3) is 5.91 Å². The summed E-state index contributed by atoms with van der Waals surface area (Å²) in [5, 5.41) is 6.33. The fourth-order valence-corrected chi connectivity index (χ4v) is 3.63. The molecule has 1 N–H and O–H groups in total. The molecule has 0 atom stereocenters. The van der Waals surface area contributed by atoms with E-state index in [0.717, 1.165) is 15.7 Å². The standard InChI is InChI=1S/C19H16BrN3OS.BrH/c1-2-11-23-17(14-7-4-3-5-8-14)13-25-19(23)22-21-18(24)15-9-6-10-16(20)12-15;/h2-10,12-13H,1,11H2,(H,21,24);1H/p-1/b22-19-;. The number of aromatic nitrogens is 1. The normalized spacial score (nSPS) is 10.9. The Bertz CT molecular complexity index is 964. The first kappa shape index (κ1) is 20.4. The molecule has 0 spiro atoms. The van der Waals surface area contributed by atoms with Gasteiger partial charge in [0.1, 0.15) is 0 Å². The maximum Gasteiger partial charge on any atom is 0.271 e. The first-order valence-corrected chi connectivity index (χ1v) is 9.30. The van der Waals surface area contributed by atoms with Crippen LogP contribution in [0.5, 0.6) is 0 Å². The maximum absolute atomic E-state index is 12.3. The van der Waals surface area contributed by atoms with Crippen LogP contribution in [0, 0.1) is 0 Å². The zero-order valence-electron chi connectivity index (χ0n) is 13.7. The van der Waals surface area contributed by atoms with Gasteiger partial charge in [-0.2, -0.15) is 0 Å². The summed E-state index contributed by atoms with van der Waals surface area (Å²) in [4.78, 5) is 13.0. The van der Waals surface area contributed by atoms with Crippen LogP contribution in [-0.2, 0) is 6.54 Å². The molecular weight excluding hydrogens is 478 g/mol. The molecule has 26 heavy (non-hydrogen) atoms. The van der Waals surface area contributed by atoms with Crippen molar-refractivity contribution >= 4 is 33.2 Å². The average molecular weight is 494 g/mol. The summed E-state index contributed by atoms with van der Waals surface area (Å²) in [6, 6.07) is 17.3. The molecule has 0 saturated carbocycles. The number of benzene rings is 2. The number of hydrogen-bond acceptors (Lipinski definition) is 3. The van der Waals surface area contributed by atoms with Gasteiger partial charge in [0, 0.05) is 22.0 Å². The summed E-state index contributed by atoms with van der Waals surface area (Å²) in [5.41, 5.74) is 5.32. The average Bonchev–Trinajstić information content (AvgIpc) is 3.03. The van der Waals surface area contributed by atoms with Crippen molar-refractivity contribution in [3.8, 4) is 11.3 Å². The minimum atomic E-state index is -0.249. The largest absolute Gasteiger partial charge is 1.00 e. The summed E-state index contributed by atoms with van der Waals surface area (Å²) >= 11 is 4.84. The van der Waals surface area contributed by atoms with Crippen LogP contribution in [-0.4, -0.2) is 10.5 Å². The van der Waals surface area contributed by atoms with Gasteiger partial charge in [-0.25, -0.2) is 5.43 Å². The number of hydrogen-bond donors (Lipinski definition) is 1. The smallest absolute Gasteiger partial charge is 0.271 e. The Kier molecular flexibility index (Phi) is 7.56. The number of nitrogens with one attached hydrogen (secondary N) is 1. The van der Waals surface area contributed by atoms with Crippen molar-refractivity contribution in [2.24, 2.45) is 5.10 Å². The molecule has 3 rings (SSSR count).